The highest BCUT2D eigenvalue weighted by molar-refractivity contribution is 7.15. The highest BCUT2D eigenvalue weighted by atomic mass is 32.1. The molecule has 1 fully saturated rings. The molecule has 3 aromatic rings. The monoisotopic (exact) mass is 436 g/mol. The summed E-state index contributed by atoms with van der Waals surface area (Å²) in [5.74, 6) is 0.755. The maximum atomic E-state index is 12.5. The molecule has 1 heterocycles. The molecule has 31 heavy (non-hydrogen) atoms. The topological polar surface area (TPSA) is 89.3 Å². The van der Waals surface area contributed by atoms with E-state index < -0.39 is 0 Å². The third-order valence-corrected chi connectivity index (χ3v) is 6.83. The Bertz CT molecular complexity index is 1060. The van der Waals surface area contributed by atoms with Gasteiger partial charge in [0.15, 0.2) is 0 Å². The molecule has 0 unspecified atom stereocenters. The number of hydrogen-bond acceptors (Lipinski definition) is 6. The van der Waals surface area contributed by atoms with E-state index in [2.05, 4.69) is 15.6 Å². The van der Waals surface area contributed by atoms with E-state index >= 15 is 0 Å². The van der Waals surface area contributed by atoms with Gasteiger partial charge in [-0.3, -0.25) is 4.79 Å². The lowest BCUT2D eigenvalue weighted by molar-refractivity contribution is 0.0951. The van der Waals surface area contributed by atoms with Gasteiger partial charge in [-0.25, -0.2) is 4.98 Å². The Morgan fingerprint density at radius 3 is 2.68 bits per heavy atom. The number of aryl methyl sites for hydroxylation is 1. The fourth-order valence-corrected chi connectivity index (χ4v) is 4.20. The van der Waals surface area contributed by atoms with Gasteiger partial charge in [-0.1, -0.05) is 6.07 Å². The van der Waals surface area contributed by atoms with Gasteiger partial charge in [-0.2, -0.15) is 0 Å². The van der Waals surface area contributed by atoms with Crippen molar-refractivity contribution in [3.63, 3.8) is 0 Å². The fourth-order valence-electron chi connectivity index (χ4n) is 3.34. The Morgan fingerprint density at radius 2 is 2.00 bits per heavy atom. The molecule has 4 N–H and O–H groups in total. The number of carbonyl (C=O) groups excluding carboxylic acids is 1. The van der Waals surface area contributed by atoms with Crippen molar-refractivity contribution in [2.24, 2.45) is 11.1 Å². The van der Waals surface area contributed by atoms with Crippen LogP contribution in [0.25, 0.3) is 10.6 Å². The highest BCUT2D eigenvalue weighted by Gasteiger charge is 2.42. The number of amides is 1. The van der Waals surface area contributed by atoms with Crippen LogP contribution in [0.5, 0.6) is 5.75 Å². The first-order valence-corrected chi connectivity index (χ1v) is 11.3. The summed E-state index contributed by atoms with van der Waals surface area (Å²) in [5, 5.41) is 7.00. The average molecular weight is 437 g/mol. The summed E-state index contributed by atoms with van der Waals surface area (Å²) in [6.07, 6.45) is 4.12. The molecule has 0 bridgehead atoms. The van der Waals surface area contributed by atoms with Gasteiger partial charge < -0.3 is 21.1 Å². The van der Waals surface area contributed by atoms with Crippen LogP contribution in [0.4, 0.5) is 5.69 Å². The van der Waals surface area contributed by atoms with E-state index in [0.29, 0.717) is 25.3 Å². The van der Waals surface area contributed by atoms with Gasteiger partial charge in [0.05, 0.1) is 13.2 Å². The van der Waals surface area contributed by atoms with Crippen molar-refractivity contribution in [1.82, 2.24) is 10.3 Å². The zero-order valence-electron chi connectivity index (χ0n) is 17.9. The number of carbonyl (C=O) groups is 1. The number of anilines is 1. The summed E-state index contributed by atoms with van der Waals surface area (Å²) in [6.45, 7) is 3.82. The second kappa shape index (κ2) is 9.08. The third-order valence-electron chi connectivity index (χ3n) is 5.78. The molecule has 1 saturated carbocycles. The first-order valence-electron chi connectivity index (χ1n) is 10.5. The van der Waals surface area contributed by atoms with Gasteiger partial charge in [0, 0.05) is 46.9 Å². The summed E-state index contributed by atoms with van der Waals surface area (Å²) < 4.78 is 5.90. The van der Waals surface area contributed by atoms with Crippen molar-refractivity contribution in [2.45, 2.75) is 26.3 Å². The molecule has 0 atom stereocenters. The Balaban J connectivity index is 1.33. The normalized spacial score (nSPS) is 14.2. The van der Waals surface area contributed by atoms with Crippen LogP contribution < -0.4 is 21.1 Å². The Morgan fingerprint density at radius 1 is 1.23 bits per heavy atom. The van der Waals surface area contributed by atoms with Crippen LogP contribution >= 0.6 is 11.3 Å². The van der Waals surface area contributed by atoms with E-state index in [-0.39, 0.29) is 11.3 Å². The zero-order valence-corrected chi connectivity index (χ0v) is 18.7. The lowest BCUT2D eigenvalue weighted by atomic mass is 10.1. The molecule has 0 saturated heterocycles. The van der Waals surface area contributed by atoms with Gasteiger partial charge in [0.1, 0.15) is 10.8 Å². The predicted octanol–water partition coefficient (Wildman–Crippen LogP) is 4.21. The first kappa shape index (κ1) is 21.3. The second-order valence-electron chi connectivity index (χ2n) is 8.11. The highest BCUT2D eigenvalue weighted by Crippen LogP contribution is 2.44. The lowest BCUT2D eigenvalue weighted by Gasteiger charge is -2.13. The Labute approximate surface area is 186 Å². The van der Waals surface area contributed by atoms with Crippen molar-refractivity contribution in [3.05, 3.63) is 64.7 Å². The molecule has 162 valence electrons. The first-order chi connectivity index (χ1) is 15.0. The maximum Gasteiger partial charge on any atom is 0.251 e. The molecule has 0 aliphatic heterocycles. The minimum Gasteiger partial charge on any atom is -0.493 e. The second-order valence-corrected chi connectivity index (χ2v) is 9.23. The number of rotatable bonds is 9. The van der Waals surface area contributed by atoms with Crippen molar-refractivity contribution >= 4 is 22.9 Å². The Hall–Kier alpha value is -2.90. The van der Waals surface area contributed by atoms with Crippen LogP contribution in [0.15, 0.2) is 48.7 Å². The average Bonchev–Trinajstić information content (AvgIpc) is 3.44. The number of nitrogens with one attached hydrogen (secondary N) is 2. The SMILES string of the molecule is CNc1cc(C(=O)NCc2cnc(-c3ccc(OCC4(CN)CC4)cc3)s2)ccc1C. The summed E-state index contributed by atoms with van der Waals surface area (Å²) in [4.78, 5) is 18.0. The van der Waals surface area contributed by atoms with Crippen LogP contribution in [0.3, 0.4) is 0 Å². The van der Waals surface area contributed by atoms with Crippen LogP contribution in [0.2, 0.25) is 0 Å². The molecule has 1 aliphatic rings. The number of nitrogens with two attached hydrogens (primary N) is 1. The molecule has 0 radical (unpaired) electrons. The minimum atomic E-state index is -0.0983. The molecule has 7 heteroatoms. The summed E-state index contributed by atoms with van der Waals surface area (Å²) in [5.41, 5.74) is 9.74. The van der Waals surface area contributed by atoms with Gasteiger partial charge >= 0.3 is 0 Å². The van der Waals surface area contributed by atoms with E-state index in [1.54, 1.807) is 11.3 Å². The maximum absolute atomic E-state index is 12.5. The third kappa shape index (κ3) is 5.06. The number of nitrogens with zero attached hydrogens (tertiary/aromatic N) is 1. The number of benzene rings is 2. The predicted molar refractivity (Wildman–Crippen MR) is 126 cm³/mol. The number of hydrogen-bond donors (Lipinski definition) is 3. The minimum absolute atomic E-state index is 0.0983. The zero-order chi connectivity index (χ0) is 21.8. The molecule has 2 aromatic carbocycles. The van der Waals surface area contributed by atoms with Gasteiger partial charge in [0.2, 0.25) is 0 Å². The molecule has 0 spiro atoms. The van der Waals surface area contributed by atoms with Crippen LogP contribution in [0, 0.1) is 12.3 Å². The molecule has 1 aromatic heterocycles. The van der Waals surface area contributed by atoms with Gasteiger partial charge in [-0.05, 0) is 61.7 Å². The number of aromatic nitrogens is 1. The van der Waals surface area contributed by atoms with E-state index in [1.807, 2.05) is 62.6 Å². The molecule has 6 nitrogen and oxygen atoms in total. The summed E-state index contributed by atoms with van der Waals surface area (Å²) in [7, 11) is 1.85. The van der Waals surface area contributed by atoms with E-state index in [9.17, 15) is 4.79 Å². The van der Waals surface area contributed by atoms with Crippen molar-refractivity contribution < 1.29 is 9.53 Å². The lowest BCUT2D eigenvalue weighted by Crippen LogP contribution is -2.22. The van der Waals surface area contributed by atoms with Crippen molar-refractivity contribution in [1.29, 1.82) is 0 Å². The van der Waals surface area contributed by atoms with E-state index in [4.69, 9.17) is 10.5 Å². The quantitative estimate of drug-likeness (QED) is 0.468. The molecule has 1 aliphatic carbocycles. The van der Waals surface area contributed by atoms with E-state index in [1.165, 1.54) is 0 Å². The van der Waals surface area contributed by atoms with Crippen molar-refractivity contribution in [3.8, 4) is 16.3 Å². The number of thiazole rings is 1. The largest absolute Gasteiger partial charge is 0.493 e. The van der Waals surface area contributed by atoms with E-state index in [0.717, 1.165) is 45.3 Å². The smallest absolute Gasteiger partial charge is 0.251 e. The van der Waals surface area contributed by atoms with Crippen LogP contribution in [-0.2, 0) is 6.54 Å². The fraction of sp³-hybridized carbons (Fsp3) is 0.333. The molecular formula is C24H28N4O2S. The van der Waals surface area contributed by atoms with Gasteiger partial charge in [-0.15, -0.1) is 11.3 Å². The summed E-state index contributed by atoms with van der Waals surface area (Å²) in [6, 6.07) is 13.6. The number of ether oxygens (including phenoxy) is 1. The van der Waals surface area contributed by atoms with Crippen LogP contribution in [0.1, 0.15) is 33.6 Å². The van der Waals surface area contributed by atoms with Crippen molar-refractivity contribution in [2.75, 3.05) is 25.5 Å². The Kier molecular flexibility index (Phi) is 6.25. The summed E-state index contributed by atoms with van der Waals surface area (Å²) >= 11 is 1.57. The molecular weight excluding hydrogens is 408 g/mol. The van der Waals surface area contributed by atoms with Gasteiger partial charge in [0.25, 0.3) is 5.91 Å². The molecule has 4 rings (SSSR count). The molecule has 1 amide bonds. The standard InChI is InChI=1S/C24H28N4O2S/c1-16-3-4-18(11-21(16)26-2)22(29)27-12-20-13-28-23(31-20)17-5-7-19(8-6-17)30-15-24(14-25)9-10-24/h3-8,11,13,26H,9-10,12,14-15,25H2,1-2H3,(H,27,29). The van der Waals surface area contributed by atoms with Crippen LogP contribution in [-0.4, -0.2) is 31.1 Å².